The summed E-state index contributed by atoms with van der Waals surface area (Å²) in [7, 11) is 1.33. The number of hydrogen-bond acceptors (Lipinski definition) is 4. The molecule has 23 heavy (non-hydrogen) atoms. The fourth-order valence-corrected chi connectivity index (χ4v) is 4.08. The lowest BCUT2D eigenvalue weighted by atomic mass is 9.96. The van der Waals surface area contributed by atoms with E-state index >= 15 is 0 Å². The Morgan fingerprint density at radius 3 is 2.57 bits per heavy atom. The summed E-state index contributed by atoms with van der Waals surface area (Å²) in [6, 6.07) is 14.2. The minimum Gasteiger partial charge on any atom is -0.465 e. The topological polar surface area (TPSA) is 52.6 Å². The maximum Gasteiger partial charge on any atom is 0.340 e. The standard InChI is InChI=1S/C17H12Br2O4/c1-22-15(20)11-7-3-2-6-10(11)14(18)17(19)13-9-5-4-8-12(13)16(21)23-17/h2-9,14H,1H3/t14-,17+/m1/s1. The van der Waals surface area contributed by atoms with Crippen LogP contribution in [0.3, 0.4) is 0 Å². The van der Waals surface area contributed by atoms with Gasteiger partial charge in [-0.15, -0.1) is 0 Å². The lowest BCUT2D eigenvalue weighted by Gasteiger charge is -2.28. The Kier molecular flexibility index (Phi) is 4.29. The van der Waals surface area contributed by atoms with Gasteiger partial charge in [-0.3, -0.25) is 0 Å². The molecular weight excluding hydrogens is 428 g/mol. The van der Waals surface area contributed by atoms with Crippen molar-refractivity contribution in [3.63, 3.8) is 0 Å². The SMILES string of the molecule is COC(=O)c1ccccc1[C@@H](Br)[C@@]1(Br)OC(=O)c2ccccc21. The molecule has 2 atom stereocenters. The molecule has 2 aromatic rings. The zero-order valence-corrected chi connectivity index (χ0v) is 15.3. The lowest BCUT2D eigenvalue weighted by molar-refractivity contribution is 0.0307. The molecule has 1 aliphatic heterocycles. The van der Waals surface area contributed by atoms with Gasteiger partial charge in [0.15, 0.2) is 0 Å². The molecule has 0 radical (unpaired) electrons. The van der Waals surface area contributed by atoms with Crippen LogP contribution in [-0.4, -0.2) is 19.0 Å². The molecular formula is C17H12Br2O4. The van der Waals surface area contributed by atoms with Gasteiger partial charge in [0.05, 0.1) is 23.1 Å². The first-order valence-electron chi connectivity index (χ1n) is 6.82. The van der Waals surface area contributed by atoms with Crippen LogP contribution in [0, 0.1) is 0 Å². The monoisotopic (exact) mass is 438 g/mol. The number of alkyl halides is 2. The van der Waals surface area contributed by atoms with Crippen molar-refractivity contribution in [2.75, 3.05) is 7.11 Å². The fraction of sp³-hybridized carbons (Fsp3) is 0.176. The van der Waals surface area contributed by atoms with Gasteiger partial charge in [-0.1, -0.05) is 52.3 Å². The minimum atomic E-state index is -1.09. The van der Waals surface area contributed by atoms with Crippen LogP contribution in [0.1, 0.15) is 36.7 Å². The second-order valence-electron chi connectivity index (χ2n) is 5.02. The molecule has 4 nitrogen and oxygen atoms in total. The van der Waals surface area contributed by atoms with Crippen LogP contribution in [0.15, 0.2) is 48.5 Å². The van der Waals surface area contributed by atoms with Crippen LogP contribution in [0.4, 0.5) is 0 Å². The number of cyclic esters (lactones) is 1. The molecule has 0 unspecified atom stereocenters. The number of esters is 2. The highest BCUT2D eigenvalue weighted by Crippen LogP contribution is 2.54. The van der Waals surface area contributed by atoms with Crippen LogP contribution in [0.2, 0.25) is 0 Å². The Labute approximate surface area is 150 Å². The maximum absolute atomic E-state index is 12.1. The molecule has 0 fully saturated rings. The van der Waals surface area contributed by atoms with E-state index in [1.54, 1.807) is 30.3 Å². The van der Waals surface area contributed by atoms with Crippen molar-refractivity contribution in [1.29, 1.82) is 0 Å². The fourth-order valence-electron chi connectivity index (χ4n) is 2.61. The van der Waals surface area contributed by atoms with Gasteiger partial charge >= 0.3 is 11.9 Å². The number of methoxy groups -OCH3 is 1. The first-order chi connectivity index (χ1) is 11.0. The molecule has 0 N–H and O–H groups in total. The summed E-state index contributed by atoms with van der Waals surface area (Å²) in [4.78, 5) is 23.7. The quantitative estimate of drug-likeness (QED) is 0.527. The molecule has 0 aromatic heterocycles. The summed E-state index contributed by atoms with van der Waals surface area (Å²) in [6.07, 6.45) is 0. The Morgan fingerprint density at radius 1 is 1.17 bits per heavy atom. The normalized spacial score (nSPS) is 20.6. The molecule has 0 spiro atoms. The Balaban J connectivity index is 2.10. The van der Waals surface area contributed by atoms with E-state index in [2.05, 4.69) is 31.9 Å². The second kappa shape index (κ2) is 6.09. The molecule has 2 aromatic carbocycles. The summed E-state index contributed by atoms with van der Waals surface area (Å²) in [5.41, 5.74) is 2.30. The van der Waals surface area contributed by atoms with E-state index in [1.807, 2.05) is 18.2 Å². The van der Waals surface area contributed by atoms with Gasteiger partial charge < -0.3 is 9.47 Å². The van der Waals surface area contributed by atoms with Crippen molar-refractivity contribution < 1.29 is 19.1 Å². The molecule has 0 saturated carbocycles. The highest BCUT2D eigenvalue weighted by atomic mass is 79.9. The van der Waals surface area contributed by atoms with Gasteiger partial charge in [-0.2, -0.15) is 0 Å². The van der Waals surface area contributed by atoms with Crippen LogP contribution >= 0.6 is 31.9 Å². The molecule has 1 aliphatic rings. The zero-order valence-electron chi connectivity index (χ0n) is 12.1. The van der Waals surface area contributed by atoms with Crippen LogP contribution in [0.5, 0.6) is 0 Å². The van der Waals surface area contributed by atoms with Gasteiger partial charge in [0, 0.05) is 5.56 Å². The highest BCUT2D eigenvalue weighted by Gasteiger charge is 2.49. The van der Waals surface area contributed by atoms with Crippen molar-refractivity contribution in [2.24, 2.45) is 0 Å². The van der Waals surface area contributed by atoms with Gasteiger partial charge in [-0.05, 0) is 33.6 Å². The number of carbonyl (C=O) groups excluding carboxylic acids is 2. The molecule has 0 aliphatic carbocycles. The summed E-state index contributed by atoms with van der Waals surface area (Å²) >= 11 is 7.13. The van der Waals surface area contributed by atoms with Crippen LogP contribution in [-0.2, 0) is 14.0 Å². The molecule has 0 bridgehead atoms. The van der Waals surface area contributed by atoms with Gasteiger partial charge in [0.25, 0.3) is 0 Å². The highest BCUT2D eigenvalue weighted by molar-refractivity contribution is 9.12. The number of hydrogen-bond donors (Lipinski definition) is 0. The van der Waals surface area contributed by atoms with E-state index in [4.69, 9.17) is 9.47 Å². The zero-order chi connectivity index (χ0) is 16.6. The van der Waals surface area contributed by atoms with Gasteiger partial charge in [0.2, 0.25) is 4.51 Å². The number of ether oxygens (including phenoxy) is 2. The summed E-state index contributed by atoms with van der Waals surface area (Å²) in [5, 5.41) is 0. The third kappa shape index (κ3) is 2.60. The second-order valence-corrected chi connectivity index (χ2v) is 7.12. The van der Waals surface area contributed by atoms with E-state index < -0.39 is 21.3 Å². The largest absolute Gasteiger partial charge is 0.465 e. The van der Waals surface area contributed by atoms with E-state index in [0.29, 0.717) is 22.3 Å². The van der Waals surface area contributed by atoms with E-state index in [0.717, 1.165) is 0 Å². The van der Waals surface area contributed by atoms with Crippen LogP contribution < -0.4 is 0 Å². The minimum absolute atomic E-state index is 0.405. The summed E-state index contributed by atoms with van der Waals surface area (Å²) in [6.45, 7) is 0. The lowest BCUT2D eigenvalue weighted by Crippen LogP contribution is -2.25. The van der Waals surface area contributed by atoms with E-state index in [-0.39, 0.29) is 0 Å². The average molecular weight is 440 g/mol. The third-order valence-corrected chi connectivity index (χ3v) is 6.52. The Morgan fingerprint density at radius 2 is 1.83 bits per heavy atom. The van der Waals surface area contributed by atoms with Crippen molar-refractivity contribution >= 4 is 43.8 Å². The maximum atomic E-state index is 12.1. The van der Waals surface area contributed by atoms with Crippen LogP contribution in [0.25, 0.3) is 0 Å². The number of rotatable bonds is 3. The summed E-state index contributed by atoms with van der Waals surface area (Å²) < 4.78 is 9.32. The van der Waals surface area contributed by atoms with Crippen molar-refractivity contribution in [1.82, 2.24) is 0 Å². The predicted octanol–water partition coefficient (Wildman–Crippen LogP) is 4.33. The molecule has 1 heterocycles. The number of fused-ring (bicyclic) bond motifs is 1. The number of carbonyl (C=O) groups is 2. The Hall–Kier alpha value is -1.66. The number of benzene rings is 2. The van der Waals surface area contributed by atoms with E-state index in [1.165, 1.54) is 7.11 Å². The molecule has 0 saturated heterocycles. The first-order valence-corrected chi connectivity index (χ1v) is 8.53. The summed E-state index contributed by atoms with van der Waals surface area (Å²) in [5.74, 6) is -0.851. The Bertz CT molecular complexity index is 790. The third-order valence-electron chi connectivity index (χ3n) is 3.72. The van der Waals surface area contributed by atoms with Crippen molar-refractivity contribution in [3.8, 4) is 0 Å². The first kappa shape index (κ1) is 16.2. The smallest absolute Gasteiger partial charge is 0.340 e. The van der Waals surface area contributed by atoms with Crippen molar-refractivity contribution in [3.05, 3.63) is 70.8 Å². The molecule has 6 heteroatoms. The number of halogens is 2. The average Bonchev–Trinajstić information content (AvgIpc) is 2.86. The van der Waals surface area contributed by atoms with E-state index in [9.17, 15) is 9.59 Å². The van der Waals surface area contributed by atoms with Crippen molar-refractivity contribution in [2.45, 2.75) is 9.34 Å². The molecule has 3 rings (SSSR count). The molecule has 118 valence electrons. The predicted molar refractivity (Wildman–Crippen MR) is 91.9 cm³/mol. The van der Waals surface area contributed by atoms with Gasteiger partial charge in [0.1, 0.15) is 0 Å². The van der Waals surface area contributed by atoms with Gasteiger partial charge in [-0.25, -0.2) is 9.59 Å². The molecule has 0 amide bonds.